The van der Waals surface area contributed by atoms with Gasteiger partial charge in [0.05, 0.1) is 12.2 Å². The second-order valence-electron chi connectivity index (χ2n) is 5.00. The molecule has 0 aliphatic heterocycles. The van der Waals surface area contributed by atoms with Crippen LogP contribution in [0.4, 0.5) is 11.4 Å². The molecule has 0 fully saturated rings. The molecule has 0 amide bonds. The number of esters is 1. The standard InChI is InChI=1S/C18H16N2O3/c1-2-23-18(22)17-15(11-21)14-10-13(8-9-16(14)20-17)19-12-6-4-3-5-7-12/h3-11,19-20H,2H2,1H3. The van der Waals surface area contributed by atoms with Gasteiger partial charge in [-0.05, 0) is 37.3 Å². The molecule has 0 saturated heterocycles. The van der Waals surface area contributed by atoms with Gasteiger partial charge in [-0.15, -0.1) is 0 Å². The Labute approximate surface area is 133 Å². The molecule has 0 unspecified atom stereocenters. The van der Waals surface area contributed by atoms with Crippen LogP contribution < -0.4 is 5.32 Å². The fourth-order valence-corrected chi connectivity index (χ4v) is 2.47. The first-order valence-corrected chi connectivity index (χ1v) is 7.33. The van der Waals surface area contributed by atoms with Crippen LogP contribution >= 0.6 is 0 Å². The molecule has 3 aromatic rings. The fraction of sp³-hybridized carbons (Fsp3) is 0.111. The topological polar surface area (TPSA) is 71.2 Å². The van der Waals surface area contributed by atoms with E-state index >= 15 is 0 Å². The van der Waals surface area contributed by atoms with Gasteiger partial charge in [-0.3, -0.25) is 4.79 Å². The number of aromatic nitrogens is 1. The number of rotatable bonds is 5. The Hall–Kier alpha value is -3.08. The zero-order valence-electron chi connectivity index (χ0n) is 12.6. The van der Waals surface area contributed by atoms with Crippen molar-refractivity contribution in [2.24, 2.45) is 0 Å². The molecule has 116 valence electrons. The van der Waals surface area contributed by atoms with Crippen LogP contribution in [0.1, 0.15) is 27.8 Å². The molecule has 1 heterocycles. The smallest absolute Gasteiger partial charge is 0.355 e. The van der Waals surface area contributed by atoms with Crippen LogP contribution in [-0.4, -0.2) is 23.8 Å². The summed E-state index contributed by atoms with van der Waals surface area (Å²) in [6.45, 7) is 1.98. The molecule has 0 atom stereocenters. The average Bonchev–Trinajstić information content (AvgIpc) is 2.94. The predicted octanol–water partition coefficient (Wildman–Crippen LogP) is 3.90. The van der Waals surface area contributed by atoms with Gasteiger partial charge in [-0.2, -0.15) is 0 Å². The summed E-state index contributed by atoms with van der Waals surface area (Å²) in [5.41, 5.74) is 3.00. The summed E-state index contributed by atoms with van der Waals surface area (Å²) in [5, 5.41) is 3.95. The van der Waals surface area contributed by atoms with Gasteiger partial charge in [-0.1, -0.05) is 18.2 Å². The lowest BCUT2D eigenvalue weighted by Gasteiger charge is -2.06. The number of H-pyrrole nitrogens is 1. The van der Waals surface area contributed by atoms with E-state index in [0.717, 1.165) is 11.4 Å². The number of benzene rings is 2. The number of aromatic amines is 1. The molecule has 1 aromatic heterocycles. The van der Waals surface area contributed by atoms with Crippen molar-refractivity contribution in [3.63, 3.8) is 0 Å². The number of fused-ring (bicyclic) bond motifs is 1. The Bertz CT molecular complexity index is 853. The molecule has 0 aliphatic rings. The van der Waals surface area contributed by atoms with Crippen LogP contribution in [0.2, 0.25) is 0 Å². The summed E-state index contributed by atoms with van der Waals surface area (Å²) in [7, 11) is 0. The summed E-state index contributed by atoms with van der Waals surface area (Å²) in [4.78, 5) is 26.3. The fourth-order valence-electron chi connectivity index (χ4n) is 2.47. The number of hydrogen-bond acceptors (Lipinski definition) is 4. The van der Waals surface area contributed by atoms with Crippen molar-refractivity contribution in [1.29, 1.82) is 0 Å². The van der Waals surface area contributed by atoms with Gasteiger partial charge in [0.1, 0.15) is 5.69 Å². The highest BCUT2D eigenvalue weighted by molar-refractivity contribution is 6.08. The van der Waals surface area contributed by atoms with E-state index in [4.69, 9.17) is 4.74 Å². The molecule has 0 bridgehead atoms. The zero-order chi connectivity index (χ0) is 16.2. The van der Waals surface area contributed by atoms with Gasteiger partial charge in [-0.25, -0.2) is 4.79 Å². The first-order valence-electron chi connectivity index (χ1n) is 7.33. The summed E-state index contributed by atoms with van der Waals surface area (Å²) in [6.07, 6.45) is 0.678. The first kappa shape index (κ1) is 14.8. The Morgan fingerprint density at radius 1 is 1.17 bits per heavy atom. The van der Waals surface area contributed by atoms with Crippen LogP contribution in [0, 0.1) is 0 Å². The molecular formula is C18H16N2O3. The maximum absolute atomic E-state index is 11.9. The molecular weight excluding hydrogens is 292 g/mol. The van der Waals surface area contributed by atoms with E-state index in [-0.39, 0.29) is 12.3 Å². The van der Waals surface area contributed by atoms with Crippen LogP contribution in [0.5, 0.6) is 0 Å². The van der Waals surface area contributed by atoms with Gasteiger partial charge < -0.3 is 15.0 Å². The van der Waals surface area contributed by atoms with Gasteiger partial charge in [0, 0.05) is 22.3 Å². The number of para-hydroxylation sites is 1. The van der Waals surface area contributed by atoms with E-state index < -0.39 is 5.97 Å². The van der Waals surface area contributed by atoms with Gasteiger partial charge in [0.15, 0.2) is 6.29 Å². The lowest BCUT2D eigenvalue weighted by molar-refractivity contribution is 0.0518. The molecule has 2 aromatic carbocycles. The summed E-state index contributed by atoms with van der Waals surface area (Å²) in [5.74, 6) is -0.525. The SMILES string of the molecule is CCOC(=O)c1[nH]c2ccc(Nc3ccccc3)cc2c1C=O. The monoisotopic (exact) mass is 308 g/mol. The third kappa shape index (κ3) is 2.94. The summed E-state index contributed by atoms with van der Waals surface area (Å²) >= 11 is 0. The minimum Gasteiger partial charge on any atom is -0.461 e. The second-order valence-corrected chi connectivity index (χ2v) is 5.00. The van der Waals surface area contributed by atoms with E-state index in [1.807, 2.05) is 48.5 Å². The largest absolute Gasteiger partial charge is 0.461 e. The number of carbonyl (C=O) groups is 2. The third-order valence-electron chi connectivity index (χ3n) is 3.50. The van der Waals surface area contributed by atoms with Crippen LogP contribution in [0.3, 0.4) is 0 Å². The molecule has 0 spiro atoms. The molecule has 5 heteroatoms. The van der Waals surface area contributed by atoms with Crippen LogP contribution in [0.15, 0.2) is 48.5 Å². The molecule has 23 heavy (non-hydrogen) atoms. The Morgan fingerprint density at radius 2 is 1.96 bits per heavy atom. The number of carbonyl (C=O) groups excluding carboxylic acids is 2. The molecule has 2 N–H and O–H groups in total. The molecule has 5 nitrogen and oxygen atoms in total. The number of nitrogens with one attached hydrogen (secondary N) is 2. The molecule has 0 saturated carbocycles. The van der Waals surface area contributed by atoms with Crippen molar-refractivity contribution >= 4 is 34.5 Å². The number of ether oxygens (including phenoxy) is 1. The van der Waals surface area contributed by atoms with Gasteiger partial charge in [0.25, 0.3) is 0 Å². The minimum atomic E-state index is -0.525. The Kier molecular flexibility index (Phi) is 4.10. The maximum Gasteiger partial charge on any atom is 0.355 e. The average molecular weight is 308 g/mol. The molecule has 3 rings (SSSR count). The normalized spacial score (nSPS) is 10.5. The van der Waals surface area contributed by atoms with Crippen molar-refractivity contribution < 1.29 is 14.3 Å². The number of aldehydes is 1. The summed E-state index contributed by atoms with van der Waals surface area (Å²) in [6, 6.07) is 15.3. The zero-order valence-corrected chi connectivity index (χ0v) is 12.6. The van der Waals surface area contributed by atoms with Crippen molar-refractivity contribution in [3.05, 3.63) is 59.8 Å². The highest BCUT2D eigenvalue weighted by Crippen LogP contribution is 2.26. The van der Waals surface area contributed by atoms with E-state index in [0.29, 0.717) is 22.8 Å². The number of anilines is 2. The van der Waals surface area contributed by atoms with E-state index in [9.17, 15) is 9.59 Å². The molecule has 0 radical (unpaired) electrons. The van der Waals surface area contributed by atoms with Gasteiger partial charge in [0.2, 0.25) is 0 Å². The van der Waals surface area contributed by atoms with Crippen molar-refractivity contribution in [2.75, 3.05) is 11.9 Å². The number of hydrogen-bond donors (Lipinski definition) is 2. The van der Waals surface area contributed by atoms with Gasteiger partial charge >= 0.3 is 5.97 Å². The highest BCUT2D eigenvalue weighted by Gasteiger charge is 2.18. The Balaban J connectivity index is 2.01. The predicted molar refractivity (Wildman–Crippen MR) is 89.4 cm³/mol. The van der Waals surface area contributed by atoms with Crippen LogP contribution in [0.25, 0.3) is 10.9 Å². The quantitative estimate of drug-likeness (QED) is 0.554. The van der Waals surface area contributed by atoms with Crippen LogP contribution in [-0.2, 0) is 4.74 Å². The van der Waals surface area contributed by atoms with E-state index in [1.165, 1.54) is 0 Å². The third-order valence-corrected chi connectivity index (χ3v) is 3.50. The Morgan fingerprint density at radius 3 is 2.65 bits per heavy atom. The lowest BCUT2D eigenvalue weighted by Crippen LogP contribution is -2.07. The van der Waals surface area contributed by atoms with Crippen molar-refractivity contribution in [1.82, 2.24) is 4.98 Å². The van der Waals surface area contributed by atoms with Crippen molar-refractivity contribution in [3.8, 4) is 0 Å². The van der Waals surface area contributed by atoms with E-state index in [2.05, 4.69) is 10.3 Å². The lowest BCUT2D eigenvalue weighted by atomic mass is 10.1. The minimum absolute atomic E-state index is 0.189. The van der Waals surface area contributed by atoms with Crippen molar-refractivity contribution in [2.45, 2.75) is 6.92 Å². The first-order chi connectivity index (χ1) is 11.2. The summed E-state index contributed by atoms with van der Waals surface area (Å²) < 4.78 is 4.98. The maximum atomic E-state index is 11.9. The second kappa shape index (κ2) is 6.36. The highest BCUT2D eigenvalue weighted by atomic mass is 16.5. The van der Waals surface area contributed by atoms with E-state index in [1.54, 1.807) is 6.92 Å². The molecule has 0 aliphatic carbocycles.